The van der Waals surface area contributed by atoms with Crippen molar-refractivity contribution in [3.63, 3.8) is 0 Å². The minimum absolute atomic E-state index is 0.0410. The predicted octanol–water partition coefficient (Wildman–Crippen LogP) is 3.73. The number of benzene rings is 2. The number of furan rings is 1. The quantitative estimate of drug-likeness (QED) is 0.594. The molecular formula is C21H21ClN2O5S. The van der Waals surface area contributed by atoms with E-state index in [1.165, 1.54) is 49.5 Å². The Hall–Kier alpha value is -2.81. The van der Waals surface area contributed by atoms with Gasteiger partial charge in [-0.15, -0.1) is 0 Å². The van der Waals surface area contributed by atoms with Gasteiger partial charge >= 0.3 is 0 Å². The maximum atomic E-state index is 13.4. The molecule has 1 heterocycles. The van der Waals surface area contributed by atoms with Crippen molar-refractivity contribution in [2.24, 2.45) is 0 Å². The van der Waals surface area contributed by atoms with Crippen molar-refractivity contribution in [3.05, 3.63) is 82.8 Å². The number of phenols is 1. The zero-order valence-electron chi connectivity index (χ0n) is 16.4. The molecule has 1 aromatic heterocycles. The van der Waals surface area contributed by atoms with Crippen LogP contribution < -0.4 is 0 Å². The third kappa shape index (κ3) is 4.67. The molecule has 1 amide bonds. The van der Waals surface area contributed by atoms with Crippen LogP contribution in [0.25, 0.3) is 0 Å². The zero-order valence-corrected chi connectivity index (χ0v) is 18.0. The number of sulfonamides is 1. The third-order valence-electron chi connectivity index (χ3n) is 4.51. The summed E-state index contributed by atoms with van der Waals surface area (Å²) in [7, 11) is -0.926. The van der Waals surface area contributed by atoms with Gasteiger partial charge in [0.2, 0.25) is 10.0 Å². The van der Waals surface area contributed by atoms with Crippen LogP contribution in [0.3, 0.4) is 0 Å². The number of hydrogen-bond acceptors (Lipinski definition) is 5. The Labute approximate surface area is 180 Å². The number of carbonyl (C=O) groups excluding carboxylic acids is 1. The molecule has 7 nitrogen and oxygen atoms in total. The van der Waals surface area contributed by atoms with E-state index in [2.05, 4.69) is 0 Å². The van der Waals surface area contributed by atoms with Gasteiger partial charge in [-0.1, -0.05) is 29.8 Å². The van der Waals surface area contributed by atoms with Crippen molar-refractivity contribution >= 4 is 27.5 Å². The highest BCUT2D eigenvalue weighted by Gasteiger charge is 2.25. The zero-order chi connectivity index (χ0) is 21.9. The van der Waals surface area contributed by atoms with Crippen LogP contribution in [0.1, 0.15) is 21.7 Å². The molecule has 1 N–H and O–H groups in total. The van der Waals surface area contributed by atoms with Crippen molar-refractivity contribution in [1.29, 1.82) is 0 Å². The molecule has 9 heteroatoms. The lowest BCUT2D eigenvalue weighted by Crippen LogP contribution is -2.30. The molecule has 0 saturated carbocycles. The van der Waals surface area contributed by atoms with E-state index in [9.17, 15) is 18.3 Å². The van der Waals surface area contributed by atoms with Crippen LogP contribution in [0.5, 0.6) is 5.75 Å². The maximum absolute atomic E-state index is 13.4. The minimum atomic E-state index is -3.75. The number of aromatic hydroxyl groups is 1. The largest absolute Gasteiger partial charge is 0.508 e. The molecule has 3 rings (SSSR count). The molecule has 0 fully saturated rings. The van der Waals surface area contributed by atoms with Crippen molar-refractivity contribution in [3.8, 4) is 5.75 Å². The molecule has 158 valence electrons. The first-order valence-corrected chi connectivity index (χ1v) is 10.8. The molecular weight excluding hydrogens is 428 g/mol. The molecule has 0 unspecified atom stereocenters. The standard InChI is InChI=1S/C21H21ClN2O5S/c1-23(2)30(27,28)17-9-10-19(22)18(12-17)21(26)24(14-16-7-5-11-29-16)13-15-6-3-4-8-20(15)25/h3-12,25H,13-14H2,1-2H3. The van der Waals surface area contributed by atoms with Gasteiger partial charge in [0, 0.05) is 19.7 Å². The summed E-state index contributed by atoms with van der Waals surface area (Å²) in [4.78, 5) is 14.8. The number of para-hydroxylation sites is 1. The molecule has 0 aliphatic carbocycles. The van der Waals surface area contributed by atoms with Crippen LogP contribution in [-0.4, -0.2) is 42.7 Å². The second-order valence-corrected chi connectivity index (χ2v) is 9.36. The highest BCUT2D eigenvalue weighted by molar-refractivity contribution is 7.89. The number of amides is 1. The number of nitrogens with zero attached hydrogens (tertiary/aromatic N) is 2. The van der Waals surface area contributed by atoms with Crippen molar-refractivity contribution in [2.45, 2.75) is 18.0 Å². The Morgan fingerprint density at radius 2 is 1.80 bits per heavy atom. The van der Waals surface area contributed by atoms with E-state index in [1.807, 2.05) is 0 Å². The first kappa shape index (κ1) is 21.9. The summed E-state index contributed by atoms with van der Waals surface area (Å²) in [5.41, 5.74) is 0.576. The summed E-state index contributed by atoms with van der Waals surface area (Å²) < 4.78 is 31.4. The Kier molecular flexibility index (Phi) is 6.50. The average Bonchev–Trinajstić information content (AvgIpc) is 3.22. The molecule has 0 spiro atoms. The number of phenolic OH excluding ortho intramolecular Hbond substituents is 1. The summed E-state index contributed by atoms with van der Waals surface area (Å²) in [6, 6.07) is 14.1. The summed E-state index contributed by atoms with van der Waals surface area (Å²) in [6.45, 7) is 0.189. The molecule has 0 aliphatic rings. The molecule has 30 heavy (non-hydrogen) atoms. The number of hydrogen-bond donors (Lipinski definition) is 1. The molecule has 0 atom stereocenters. The van der Waals surface area contributed by atoms with E-state index in [1.54, 1.807) is 30.3 Å². The fourth-order valence-electron chi connectivity index (χ4n) is 2.85. The Morgan fingerprint density at radius 3 is 2.43 bits per heavy atom. The van der Waals surface area contributed by atoms with Crippen LogP contribution in [0.2, 0.25) is 5.02 Å². The van der Waals surface area contributed by atoms with E-state index >= 15 is 0 Å². The van der Waals surface area contributed by atoms with Gasteiger partial charge < -0.3 is 14.4 Å². The Morgan fingerprint density at radius 1 is 1.07 bits per heavy atom. The SMILES string of the molecule is CN(C)S(=O)(=O)c1ccc(Cl)c(C(=O)N(Cc2ccco2)Cc2ccccc2O)c1. The van der Waals surface area contributed by atoms with Crippen molar-refractivity contribution in [1.82, 2.24) is 9.21 Å². The van der Waals surface area contributed by atoms with Gasteiger partial charge in [0.1, 0.15) is 11.5 Å². The van der Waals surface area contributed by atoms with Crippen LogP contribution in [-0.2, 0) is 23.1 Å². The lowest BCUT2D eigenvalue weighted by molar-refractivity contribution is 0.0716. The lowest BCUT2D eigenvalue weighted by Gasteiger charge is -2.23. The van der Waals surface area contributed by atoms with Crippen molar-refractivity contribution < 1.29 is 22.7 Å². The second kappa shape index (κ2) is 8.91. The average molecular weight is 449 g/mol. The summed E-state index contributed by atoms with van der Waals surface area (Å²) in [5, 5.41) is 10.3. The summed E-state index contributed by atoms with van der Waals surface area (Å²) in [5.74, 6) is 0.0900. The number of carbonyl (C=O) groups is 1. The van der Waals surface area contributed by atoms with Crippen LogP contribution in [0.4, 0.5) is 0 Å². The smallest absolute Gasteiger partial charge is 0.256 e. The number of halogens is 1. The highest BCUT2D eigenvalue weighted by Crippen LogP contribution is 2.26. The van der Waals surface area contributed by atoms with Crippen molar-refractivity contribution in [2.75, 3.05) is 14.1 Å². The Bertz CT molecular complexity index is 1140. The van der Waals surface area contributed by atoms with E-state index < -0.39 is 15.9 Å². The second-order valence-electron chi connectivity index (χ2n) is 6.80. The molecule has 0 saturated heterocycles. The monoisotopic (exact) mass is 448 g/mol. The van der Waals surface area contributed by atoms with E-state index in [0.29, 0.717) is 11.3 Å². The summed E-state index contributed by atoms with van der Waals surface area (Å²) in [6.07, 6.45) is 1.50. The van der Waals surface area contributed by atoms with E-state index in [-0.39, 0.29) is 34.3 Å². The summed E-state index contributed by atoms with van der Waals surface area (Å²) >= 11 is 6.25. The van der Waals surface area contributed by atoms with Gasteiger partial charge in [-0.3, -0.25) is 4.79 Å². The minimum Gasteiger partial charge on any atom is -0.508 e. The molecule has 0 aliphatic heterocycles. The van der Waals surface area contributed by atoms with Crippen LogP contribution in [0, 0.1) is 0 Å². The third-order valence-corrected chi connectivity index (χ3v) is 6.65. The molecule has 0 radical (unpaired) electrons. The molecule has 2 aromatic carbocycles. The molecule has 0 bridgehead atoms. The van der Waals surface area contributed by atoms with Crippen LogP contribution >= 0.6 is 11.6 Å². The Balaban J connectivity index is 2.01. The normalized spacial score (nSPS) is 11.6. The van der Waals surface area contributed by atoms with Gasteiger partial charge in [-0.25, -0.2) is 12.7 Å². The first-order valence-electron chi connectivity index (χ1n) is 9.00. The topological polar surface area (TPSA) is 91.1 Å². The first-order chi connectivity index (χ1) is 14.2. The van der Waals surface area contributed by atoms with Gasteiger partial charge in [-0.2, -0.15) is 0 Å². The van der Waals surface area contributed by atoms with Crippen LogP contribution in [0.15, 0.2) is 70.2 Å². The van der Waals surface area contributed by atoms with Gasteiger partial charge in [0.25, 0.3) is 5.91 Å². The number of rotatable bonds is 7. The lowest BCUT2D eigenvalue weighted by atomic mass is 10.1. The van der Waals surface area contributed by atoms with E-state index in [4.69, 9.17) is 16.0 Å². The predicted molar refractivity (Wildman–Crippen MR) is 113 cm³/mol. The fraction of sp³-hybridized carbons (Fsp3) is 0.190. The van der Waals surface area contributed by atoms with Gasteiger partial charge in [-0.05, 0) is 36.4 Å². The van der Waals surface area contributed by atoms with E-state index in [0.717, 1.165) is 4.31 Å². The maximum Gasteiger partial charge on any atom is 0.256 e. The molecule has 3 aromatic rings. The van der Waals surface area contributed by atoms with Gasteiger partial charge in [0.15, 0.2) is 0 Å². The van der Waals surface area contributed by atoms with Gasteiger partial charge in [0.05, 0.1) is 34.8 Å². The fourth-order valence-corrected chi connectivity index (χ4v) is 3.98. The highest BCUT2D eigenvalue weighted by atomic mass is 35.5.